The van der Waals surface area contributed by atoms with Gasteiger partial charge in [0.2, 0.25) is 35.4 Å². The quantitative estimate of drug-likeness (QED) is 0.103. The van der Waals surface area contributed by atoms with E-state index in [1.54, 1.807) is 21.3 Å². The summed E-state index contributed by atoms with van der Waals surface area (Å²) in [4.78, 5) is 152. The Morgan fingerprint density at radius 2 is 0.721 bits per heavy atom. The number of fused-ring (bicyclic) bond motifs is 15. The molecule has 6 amide bonds. The molecule has 129 heavy (non-hydrogen) atoms. The van der Waals surface area contributed by atoms with Crippen LogP contribution in [0.15, 0.2) is 54.6 Å². The molecular weight excluding hydrogens is 1760 g/mol. The van der Waals surface area contributed by atoms with E-state index < -0.39 is 100 Å². The van der Waals surface area contributed by atoms with Crippen LogP contribution in [0.25, 0.3) is 33.1 Å². The van der Waals surface area contributed by atoms with E-state index in [2.05, 4.69) is 34.8 Å². The maximum atomic E-state index is 14.1. The van der Waals surface area contributed by atoms with Gasteiger partial charge in [0, 0.05) is 79.8 Å². The van der Waals surface area contributed by atoms with Crippen molar-refractivity contribution in [1.82, 2.24) is 60.6 Å². The fourth-order valence-corrected chi connectivity index (χ4v) is 19.5. The summed E-state index contributed by atoms with van der Waals surface area (Å²) in [5, 5.41) is 8.56. The average Bonchev–Trinajstić information content (AvgIpc) is 1.64. The first-order valence-corrected chi connectivity index (χ1v) is 45.5. The first-order chi connectivity index (χ1) is 59.9. The number of ether oxygens (including phenoxy) is 9. The van der Waals surface area contributed by atoms with E-state index in [0.717, 1.165) is 156 Å². The van der Waals surface area contributed by atoms with E-state index in [0.29, 0.717) is 82.5 Å². The van der Waals surface area contributed by atoms with Crippen molar-refractivity contribution in [3.8, 4) is 34.9 Å². The summed E-state index contributed by atoms with van der Waals surface area (Å²) >= 11 is 0. The summed E-state index contributed by atoms with van der Waals surface area (Å²) in [6.07, 6.45) is 22.9. The monoisotopic (exact) mass is 1890 g/mol. The number of amides is 6. The van der Waals surface area contributed by atoms with E-state index in [4.69, 9.17) is 72.5 Å². The summed E-state index contributed by atoms with van der Waals surface area (Å²) in [5.41, 5.74) is 3.46. The number of benzene rings is 3. The van der Waals surface area contributed by atoms with Gasteiger partial charge in [0.25, 0.3) is 0 Å². The second-order valence-electron chi connectivity index (χ2n) is 39.9. The third-order valence-electron chi connectivity index (χ3n) is 27.6. The molecule has 9 aliphatic rings. The molecular formula is C96H129N12O18V3-3. The molecule has 3 saturated heterocycles. The first kappa shape index (κ1) is 103. The zero-order valence-electron chi connectivity index (χ0n) is 77.8. The number of hydrogen-bond donors (Lipinski definition) is 3. The molecule has 3 aromatic heterocycles. The van der Waals surface area contributed by atoms with Gasteiger partial charge in [0.15, 0.2) is 0 Å². The van der Waals surface area contributed by atoms with Crippen molar-refractivity contribution in [2.75, 3.05) is 41.0 Å². The van der Waals surface area contributed by atoms with Crippen molar-refractivity contribution in [2.45, 2.75) is 310 Å². The van der Waals surface area contributed by atoms with Gasteiger partial charge in [-0.15, -0.1) is 0 Å². The van der Waals surface area contributed by atoms with Crippen molar-refractivity contribution in [2.24, 2.45) is 51.8 Å². The Hall–Kier alpha value is -8.54. The van der Waals surface area contributed by atoms with Crippen LogP contribution in [0.4, 0.5) is 14.4 Å². The van der Waals surface area contributed by atoms with Gasteiger partial charge in [-0.05, 0) is 199 Å². The van der Waals surface area contributed by atoms with Gasteiger partial charge in [0.1, 0.15) is 88.1 Å². The minimum absolute atomic E-state index is 0. The Balaban J connectivity index is 0.000000199. The van der Waals surface area contributed by atoms with E-state index in [1.807, 2.05) is 152 Å². The van der Waals surface area contributed by atoms with Crippen molar-refractivity contribution in [3.05, 3.63) is 71.7 Å². The molecule has 6 aromatic rings. The fourth-order valence-electron chi connectivity index (χ4n) is 19.5. The van der Waals surface area contributed by atoms with Gasteiger partial charge < -0.3 is 87.7 Å². The molecule has 30 nitrogen and oxygen atoms in total. The van der Waals surface area contributed by atoms with Gasteiger partial charge in [-0.3, -0.25) is 14.4 Å². The molecule has 3 aliphatic carbocycles. The smallest absolute Gasteiger partial charge is 0.408 e. The molecule has 33 heteroatoms. The molecule has 699 valence electrons. The van der Waals surface area contributed by atoms with E-state index >= 15 is 0 Å². The van der Waals surface area contributed by atoms with Crippen LogP contribution in [0.5, 0.6) is 34.9 Å². The molecule has 6 bridgehead atoms. The van der Waals surface area contributed by atoms with Crippen LogP contribution in [0.1, 0.15) is 236 Å². The fraction of sp³-hybridized carbons (Fsp3) is 0.656. The number of aryl methyl sites for hydroxylation is 3. The normalized spacial score (nSPS) is 29.7. The van der Waals surface area contributed by atoms with Gasteiger partial charge in [-0.25, -0.2) is 63.1 Å². The standard InChI is InChI=1S/C33H45N4O6.C32H43N4O6.C31H41N4O6.3V/c1-20-26(19-38)37-18-27(20)42-29-24(34-23-15-14-22(41-6)17-25(23)35-29)13-9-7-8-11-21-12-10-16-33(21,5)43-31(40)36-28(30(37)39)32(2,3)4;1-19-25(18-37)36-17-27(19)41-29-23(33-22-15-14-21(40-5)16-24(22)34-29)12-8-6-7-10-20-11-9-13-26(20)42-31(39)35-28(30(36)38)32(2,3)4;1-18-24(17-36)35-16-25(18)40-27-22(32-21-13-12-20(39-6)14-23(21)33-27)11-9-7-8-10-19-15-31(19,5)41-29(38)34-26(28(35)37)30(2,3)4;;;/h14-15,17,20-21,26-28H,7-13,16,18H2,1-6H3,(H,36,40);14-16,19-20,25-28H,6-13,17H2,1-5H3,(H,35,39);12-14,18-19,24-26H,7-11,15-16H2,1-6H3,(H,34,38);;;/q3*-1;;;/t20-,21+,26+,27-,28+,33+;19-,20+,25+,26+,27-,28+;18-,19+,24+,25-,26+,31+;;;/m000.../s1. The summed E-state index contributed by atoms with van der Waals surface area (Å²) in [6, 6.07) is 11.5. The Bertz CT molecular complexity index is 4980. The number of hydrogen-bond acceptors (Lipinski definition) is 24. The Morgan fingerprint density at radius 1 is 0.388 bits per heavy atom. The van der Waals surface area contributed by atoms with Gasteiger partial charge in [-0.1, -0.05) is 140 Å². The molecule has 6 fully saturated rings. The third kappa shape index (κ3) is 23.9. The van der Waals surface area contributed by atoms with Crippen LogP contribution in [0, 0.1) is 51.8 Å². The number of rotatable bonds is 6. The van der Waals surface area contributed by atoms with Crippen LogP contribution in [-0.4, -0.2) is 212 Å². The molecule has 0 spiro atoms. The maximum Gasteiger partial charge on any atom is 0.408 e. The number of aromatic nitrogens is 6. The number of nitrogens with zero attached hydrogens (tertiary/aromatic N) is 9. The van der Waals surface area contributed by atoms with E-state index in [-0.39, 0.29) is 123 Å². The SMILES string of the molecule is COc1ccc2nc3c(nc2c1)O[C@H]1CN(C(=O)[C@H](C(C)(C)C)NC(=O)O[C@@H]2CCC[C@H]2CCCCC3)[C@H]([C-]=O)[C@@H]1C.COc1ccc2nc3c(nc2c1)O[C@H]1CN(C(=O)[C@H](C(C)(C)C)NC(=O)O[C@]2(C)CCC[C@H]2CCCCC3)[C@H]([C-]=O)[C@@H]1C.COc1ccc2nc3c(nc2c1)O[C@H]1CN(C(=O)[C@H](C(C)(C)C)NC(=O)O[C@]2(C)C[C@H]2CCCCC3)[C@H]([C-]=O)[C@@H]1C.[V].[V].[V]. The topological polar surface area (TPSA) is 360 Å². The zero-order valence-corrected chi connectivity index (χ0v) is 82.0. The minimum atomic E-state index is -0.910. The predicted molar refractivity (Wildman–Crippen MR) is 471 cm³/mol. The number of carbonyl (C=O) groups is 6. The average molecular weight is 1890 g/mol. The van der Waals surface area contributed by atoms with Gasteiger partial charge in [-0.2, -0.15) is 0 Å². The van der Waals surface area contributed by atoms with Crippen LogP contribution in [0.2, 0.25) is 0 Å². The van der Waals surface area contributed by atoms with Gasteiger partial charge >= 0.3 is 18.3 Å². The summed E-state index contributed by atoms with van der Waals surface area (Å²) in [6.45, 7) is 27.0. The zero-order chi connectivity index (χ0) is 90.5. The molecule has 3 radical (unpaired) electrons. The second kappa shape index (κ2) is 43.4. The van der Waals surface area contributed by atoms with Gasteiger partial charge in [0.05, 0.1) is 74.1 Å². The Labute approximate surface area is 794 Å². The molecule has 6 aliphatic heterocycles. The number of nitrogens with one attached hydrogen (secondary N) is 3. The molecule has 9 heterocycles. The van der Waals surface area contributed by atoms with Crippen LogP contribution < -0.4 is 44.4 Å². The summed E-state index contributed by atoms with van der Waals surface area (Å²) < 4.78 is 53.5. The van der Waals surface area contributed by atoms with E-state index in [1.165, 1.54) is 14.7 Å². The number of carbonyl (C=O) groups excluding carboxylic acids is 9. The van der Waals surface area contributed by atoms with Crippen molar-refractivity contribution in [1.29, 1.82) is 0 Å². The molecule has 15 rings (SSSR count). The Kier molecular flexibility index (Phi) is 34.5. The molecule has 0 unspecified atom stereocenters. The van der Waals surface area contributed by atoms with Crippen molar-refractivity contribution >= 4 is 88.0 Å². The van der Waals surface area contributed by atoms with Crippen molar-refractivity contribution in [3.63, 3.8) is 0 Å². The Morgan fingerprint density at radius 3 is 1.08 bits per heavy atom. The molecule has 18 atom stereocenters. The summed E-state index contributed by atoms with van der Waals surface area (Å²) in [5.74, 6) is 1.95. The summed E-state index contributed by atoms with van der Waals surface area (Å²) in [7, 11) is 4.81. The number of methoxy groups -OCH3 is 3. The largest absolute Gasteiger partial charge is 0.540 e. The van der Waals surface area contributed by atoms with Crippen LogP contribution >= 0.6 is 0 Å². The van der Waals surface area contributed by atoms with E-state index in [9.17, 15) is 43.2 Å². The van der Waals surface area contributed by atoms with Crippen LogP contribution in [0.3, 0.4) is 0 Å². The molecule has 3 aromatic carbocycles. The van der Waals surface area contributed by atoms with Crippen molar-refractivity contribution < 1.29 is 141 Å². The van der Waals surface area contributed by atoms with Crippen LogP contribution in [-0.2, 0) is 118 Å². The third-order valence-corrected chi connectivity index (χ3v) is 27.6. The maximum absolute atomic E-state index is 14.1. The number of alkyl carbamates (subject to hydrolysis) is 3. The minimum Gasteiger partial charge on any atom is -0.540 e. The molecule has 3 N–H and O–H groups in total. The molecule has 3 saturated carbocycles. The second-order valence-corrected chi connectivity index (χ2v) is 39.9. The predicted octanol–water partition coefficient (Wildman–Crippen LogP) is 14.3. The first-order valence-electron chi connectivity index (χ1n) is 45.5.